The van der Waals surface area contributed by atoms with Crippen LogP contribution in [0.5, 0.6) is 5.88 Å². The van der Waals surface area contributed by atoms with Gasteiger partial charge in [-0.2, -0.15) is 13.2 Å². The summed E-state index contributed by atoms with van der Waals surface area (Å²) in [6, 6.07) is 6.42. The highest BCUT2D eigenvalue weighted by atomic mass is 32.2. The Morgan fingerprint density at radius 1 is 1.19 bits per heavy atom. The van der Waals surface area contributed by atoms with Crippen molar-refractivity contribution in [3.8, 4) is 11.6 Å². The highest BCUT2D eigenvalue weighted by molar-refractivity contribution is 8.00. The lowest BCUT2D eigenvalue weighted by Gasteiger charge is -2.07. The Kier molecular flexibility index (Phi) is 5.01. The van der Waals surface area contributed by atoms with Gasteiger partial charge in [0.25, 0.3) is 0 Å². The van der Waals surface area contributed by atoms with E-state index in [4.69, 9.17) is 0 Å². The van der Waals surface area contributed by atoms with Crippen LogP contribution in [-0.2, 0) is 6.54 Å². The molecule has 142 valence electrons. The standard InChI is InChI=1S/C17H13F4N3O2S/c1-10-15(25)24(12-2-4-13(5-3-12)27-17(19,20)21)16(26)23(10)9-11-6-7-22-8-14(11)18/h2-8,25H,9H2,1H3. The number of benzene rings is 1. The Balaban J connectivity index is 1.98. The number of alkyl halides is 3. The summed E-state index contributed by atoms with van der Waals surface area (Å²) in [5.74, 6) is -0.963. The zero-order valence-electron chi connectivity index (χ0n) is 13.9. The van der Waals surface area contributed by atoms with E-state index >= 15 is 0 Å². The average molecular weight is 399 g/mol. The van der Waals surface area contributed by atoms with E-state index in [1.807, 2.05) is 0 Å². The predicted octanol–water partition coefficient (Wildman–Crippen LogP) is 3.85. The molecule has 3 rings (SSSR count). The van der Waals surface area contributed by atoms with E-state index in [1.165, 1.54) is 48.0 Å². The first-order valence-electron chi connectivity index (χ1n) is 7.63. The summed E-state index contributed by atoms with van der Waals surface area (Å²) in [7, 11) is 0. The van der Waals surface area contributed by atoms with Gasteiger partial charge in [0.1, 0.15) is 5.82 Å². The van der Waals surface area contributed by atoms with Gasteiger partial charge in [-0.05, 0) is 49.0 Å². The van der Waals surface area contributed by atoms with E-state index in [9.17, 15) is 27.5 Å². The molecule has 0 atom stereocenters. The Labute approximate surface area is 154 Å². The van der Waals surface area contributed by atoms with Crippen LogP contribution in [0.15, 0.2) is 52.4 Å². The minimum Gasteiger partial charge on any atom is -0.493 e. The number of hydrogen-bond donors (Lipinski definition) is 1. The lowest BCUT2D eigenvalue weighted by atomic mass is 10.2. The van der Waals surface area contributed by atoms with Crippen LogP contribution in [0.3, 0.4) is 0 Å². The number of pyridine rings is 1. The molecule has 1 aromatic carbocycles. The maximum absolute atomic E-state index is 13.8. The Bertz CT molecular complexity index is 1030. The van der Waals surface area contributed by atoms with Crippen LogP contribution >= 0.6 is 11.8 Å². The summed E-state index contributed by atoms with van der Waals surface area (Å²) in [5.41, 5.74) is -4.46. The highest BCUT2D eigenvalue weighted by Crippen LogP contribution is 2.37. The van der Waals surface area contributed by atoms with E-state index in [-0.39, 0.29) is 46.0 Å². The first-order valence-corrected chi connectivity index (χ1v) is 8.44. The van der Waals surface area contributed by atoms with Crippen LogP contribution in [0.4, 0.5) is 17.6 Å². The van der Waals surface area contributed by atoms with Gasteiger partial charge in [0.2, 0.25) is 5.88 Å². The van der Waals surface area contributed by atoms with Crippen molar-refractivity contribution in [3.05, 3.63) is 70.3 Å². The molecule has 0 saturated carbocycles. The van der Waals surface area contributed by atoms with Gasteiger partial charge in [0.05, 0.1) is 24.1 Å². The first kappa shape index (κ1) is 19.0. The number of halogens is 4. The third-order valence-electron chi connectivity index (χ3n) is 3.88. The molecule has 0 spiro atoms. The maximum Gasteiger partial charge on any atom is 0.446 e. The van der Waals surface area contributed by atoms with Crippen molar-refractivity contribution in [2.75, 3.05) is 0 Å². The van der Waals surface area contributed by atoms with Gasteiger partial charge < -0.3 is 5.11 Å². The third-order valence-corrected chi connectivity index (χ3v) is 4.62. The number of imidazole rings is 1. The Morgan fingerprint density at radius 3 is 2.44 bits per heavy atom. The smallest absolute Gasteiger partial charge is 0.446 e. The fourth-order valence-corrected chi connectivity index (χ4v) is 3.10. The average Bonchev–Trinajstić information content (AvgIpc) is 2.80. The monoisotopic (exact) mass is 399 g/mol. The van der Waals surface area contributed by atoms with Crippen molar-refractivity contribution >= 4 is 11.8 Å². The molecule has 0 aliphatic rings. The largest absolute Gasteiger partial charge is 0.493 e. The zero-order chi connectivity index (χ0) is 19.8. The van der Waals surface area contributed by atoms with Crippen LogP contribution in [0.25, 0.3) is 5.69 Å². The number of thioether (sulfide) groups is 1. The number of aromatic hydroxyl groups is 1. The lowest BCUT2D eigenvalue weighted by Crippen LogP contribution is -2.24. The lowest BCUT2D eigenvalue weighted by molar-refractivity contribution is -0.0328. The molecule has 0 fully saturated rings. The summed E-state index contributed by atoms with van der Waals surface area (Å²) in [5, 5.41) is 10.3. The zero-order valence-corrected chi connectivity index (χ0v) is 14.7. The molecule has 0 unspecified atom stereocenters. The summed E-state index contributed by atoms with van der Waals surface area (Å²) in [6.07, 6.45) is 2.40. The molecule has 2 aromatic heterocycles. The van der Waals surface area contributed by atoms with Crippen LogP contribution in [-0.4, -0.2) is 24.7 Å². The molecular formula is C17H13F4N3O2S. The van der Waals surface area contributed by atoms with Gasteiger partial charge in [0, 0.05) is 16.7 Å². The van der Waals surface area contributed by atoms with Crippen LogP contribution in [0.2, 0.25) is 0 Å². The molecule has 0 radical (unpaired) electrons. The molecule has 0 bridgehead atoms. The predicted molar refractivity (Wildman–Crippen MR) is 91.6 cm³/mol. The van der Waals surface area contributed by atoms with Crippen LogP contribution < -0.4 is 5.69 Å². The molecule has 0 amide bonds. The summed E-state index contributed by atoms with van der Waals surface area (Å²) < 4.78 is 53.2. The van der Waals surface area contributed by atoms with Gasteiger partial charge in [-0.3, -0.25) is 9.55 Å². The SMILES string of the molecule is Cc1c(O)n(-c2ccc(SC(F)(F)F)cc2)c(=O)n1Cc1ccncc1F. The molecule has 10 heteroatoms. The second-order valence-corrected chi connectivity index (χ2v) is 6.76. The summed E-state index contributed by atoms with van der Waals surface area (Å²) >= 11 is -0.278. The van der Waals surface area contributed by atoms with Crippen molar-refractivity contribution in [1.29, 1.82) is 0 Å². The van der Waals surface area contributed by atoms with Crippen molar-refractivity contribution in [2.45, 2.75) is 23.9 Å². The topological polar surface area (TPSA) is 60.1 Å². The van der Waals surface area contributed by atoms with Gasteiger partial charge in [0.15, 0.2) is 0 Å². The van der Waals surface area contributed by atoms with Crippen molar-refractivity contribution in [2.24, 2.45) is 0 Å². The number of rotatable bonds is 4. The van der Waals surface area contributed by atoms with Gasteiger partial charge in [-0.15, -0.1) is 0 Å². The fourth-order valence-electron chi connectivity index (χ4n) is 2.56. The number of aromatic nitrogens is 3. The molecule has 2 heterocycles. The molecule has 0 saturated heterocycles. The number of hydrogen-bond acceptors (Lipinski definition) is 4. The Morgan fingerprint density at radius 2 is 1.85 bits per heavy atom. The maximum atomic E-state index is 13.8. The molecule has 5 nitrogen and oxygen atoms in total. The molecular weight excluding hydrogens is 386 g/mol. The van der Waals surface area contributed by atoms with E-state index < -0.39 is 17.0 Å². The van der Waals surface area contributed by atoms with E-state index in [0.717, 1.165) is 10.8 Å². The van der Waals surface area contributed by atoms with Crippen molar-refractivity contribution in [1.82, 2.24) is 14.1 Å². The van der Waals surface area contributed by atoms with E-state index in [2.05, 4.69) is 4.98 Å². The minimum atomic E-state index is -4.42. The number of nitrogens with zero attached hydrogens (tertiary/aromatic N) is 3. The third kappa shape index (κ3) is 4.00. The van der Waals surface area contributed by atoms with Crippen molar-refractivity contribution < 1.29 is 22.7 Å². The van der Waals surface area contributed by atoms with Gasteiger partial charge in [-0.1, -0.05) is 0 Å². The molecule has 0 aliphatic carbocycles. The van der Waals surface area contributed by atoms with Crippen LogP contribution in [0, 0.1) is 12.7 Å². The summed E-state index contributed by atoms with van der Waals surface area (Å²) in [4.78, 5) is 16.3. The van der Waals surface area contributed by atoms with E-state index in [1.54, 1.807) is 0 Å². The van der Waals surface area contributed by atoms with Gasteiger partial charge >= 0.3 is 11.2 Å². The van der Waals surface area contributed by atoms with Crippen molar-refractivity contribution in [3.63, 3.8) is 0 Å². The molecule has 27 heavy (non-hydrogen) atoms. The first-order chi connectivity index (χ1) is 12.7. The quantitative estimate of drug-likeness (QED) is 0.535. The van der Waals surface area contributed by atoms with Crippen LogP contribution in [0.1, 0.15) is 11.3 Å². The van der Waals surface area contributed by atoms with E-state index in [0.29, 0.717) is 0 Å². The molecule has 1 N–H and O–H groups in total. The summed E-state index contributed by atoms with van der Waals surface area (Å²) in [6.45, 7) is 1.36. The molecule has 3 aromatic rings. The minimum absolute atomic E-state index is 0.0474. The normalized spacial score (nSPS) is 11.7. The second-order valence-electron chi connectivity index (χ2n) is 5.62. The fraction of sp³-hybridized carbons (Fsp3) is 0.176. The molecule has 0 aliphatic heterocycles. The second kappa shape index (κ2) is 7.10. The van der Waals surface area contributed by atoms with Gasteiger partial charge in [-0.25, -0.2) is 13.8 Å². The Hall–Kier alpha value is -2.75. The highest BCUT2D eigenvalue weighted by Gasteiger charge is 2.29.